The van der Waals surface area contributed by atoms with E-state index in [1.165, 1.54) is 6.07 Å². The van der Waals surface area contributed by atoms with Crippen LogP contribution in [-0.4, -0.2) is 11.1 Å². The molecule has 0 radical (unpaired) electrons. The van der Waals surface area contributed by atoms with Crippen LogP contribution >= 0.6 is 12.6 Å². The van der Waals surface area contributed by atoms with Crippen molar-refractivity contribution in [2.24, 2.45) is 0 Å². The van der Waals surface area contributed by atoms with Gasteiger partial charge in [0.2, 0.25) is 0 Å². The van der Waals surface area contributed by atoms with Crippen LogP contribution in [0.4, 0.5) is 0 Å². The summed E-state index contributed by atoms with van der Waals surface area (Å²) in [6.45, 7) is 0. The number of fused-ring (bicyclic) bond motifs is 1. The van der Waals surface area contributed by atoms with Crippen LogP contribution in [0.25, 0.3) is 11.0 Å². The standard InChI is InChI=1S/C10H8O3S/c11-10(12)6-1-2-9-8(3-6)7(5-14)4-13-9/h1-4,14H,5H2,(H,11,12). The largest absolute Gasteiger partial charge is 0.478 e. The van der Waals surface area contributed by atoms with E-state index < -0.39 is 5.97 Å². The van der Waals surface area contributed by atoms with Gasteiger partial charge in [0.1, 0.15) is 5.58 Å². The molecule has 0 saturated carbocycles. The molecule has 0 aliphatic rings. The van der Waals surface area contributed by atoms with Crippen LogP contribution in [-0.2, 0) is 5.75 Å². The van der Waals surface area contributed by atoms with Gasteiger partial charge in [0.15, 0.2) is 0 Å². The van der Waals surface area contributed by atoms with Gasteiger partial charge in [0.25, 0.3) is 0 Å². The highest BCUT2D eigenvalue weighted by Gasteiger charge is 2.08. The average molecular weight is 208 g/mol. The van der Waals surface area contributed by atoms with Gasteiger partial charge in [-0.25, -0.2) is 4.79 Å². The summed E-state index contributed by atoms with van der Waals surface area (Å²) < 4.78 is 5.23. The maximum absolute atomic E-state index is 10.7. The quantitative estimate of drug-likeness (QED) is 0.746. The summed E-state index contributed by atoms with van der Waals surface area (Å²) in [4.78, 5) is 10.7. The highest BCUT2D eigenvalue weighted by molar-refractivity contribution is 7.79. The summed E-state index contributed by atoms with van der Waals surface area (Å²) in [6, 6.07) is 4.79. The lowest BCUT2D eigenvalue weighted by molar-refractivity contribution is 0.0697. The topological polar surface area (TPSA) is 50.4 Å². The van der Waals surface area contributed by atoms with E-state index >= 15 is 0 Å². The molecule has 1 N–H and O–H groups in total. The van der Waals surface area contributed by atoms with Gasteiger partial charge < -0.3 is 9.52 Å². The van der Waals surface area contributed by atoms with Crippen molar-refractivity contribution in [3.05, 3.63) is 35.6 Å². The summed E-state index contributed by atoms with van der Waals surface area (Å²) >= 11 is 4.13. The van der Waals surface area contributed by atoms with E-state index in [0.29, 0.717) is 11.3 Å². The molecular formula is C10H8O3S. The van der Waals surface area contributed by atoms with Crippen molar-refractivity contribution in [2.75, 3.05) is 0 Å². The smallest absolute Gasteiger partial charge is 0.335 e. The number of rotatable bonds is 2. The highest BCUT2D eigenvalue weighted by atomic mass is 32.1. The maximum Gasteiger partial charge on any atom is 0.335 e. The van der Waals surface area contributed by atoms with E-state index in [1.54, 1.807) is 18.4 Å². The van der Waals surface area contributed by atoms with Crippen molar-refractivity contribution in [1.82, 2.24) is 0 Å². The van der Waals surface area contributed by atoms with E-state index in [9.17, 15) is 4.79 Å². The zero-order chi connectivity index (χ0) is 10.1. The highest BCUT2D eigenvalue weighted by Crippen LogP contribution is 2.23. The minimum absolute atomic E-state index is 0.266. The second-order valence-electron chi connectivity index (χ2n) is 2.94. The first-order valence-electron chi connectivity index (χ1n) is 4.06. The normalized spacial score (nSPS) is 10.6. The lowest BCUT2D eigenvalue weighted by atomic mass is 10.1. The number of aromatic carboxylic acids is 1. The lowest BCUT2D eigenvalue weighted by Crippen LogP contribution is -1.94. The molecule has 0 spiro atoms. The first-order chi connectivity index (χ1) is 6.72. The Balaban J connectivity index is 2.67. The van der Waals surface area contributed by atoms with Crippen LogP contribution in [0.5, 0.6) is 0 Å². The molecule has 0 atom stereocenters. The number of benzene rings is 1. The SMILES string of the molecule is O=C(O)c1ccc2occ(CS)c2c1. The summed E-state index contributed by atoms with van der Waals surface area (Å²) in [5, 5.41) is 9.62. The minimum atomic E-state index is -0.932. The molecule has 0 bridgehead atoms. The molecule has 3 nitrogen and oxygen atoms in total. The minimum Gasteiger partial charge on any atom is -0.478 e. The van der Waals surface area contributed by atoms with Crippen molar-refractivity contribution in [3.8, 4) is 0 Å². The lowest BCUT2D eigenvalue weighted by Gasteiger charge is -1.95. The van der Waals surface area contributed by atoms with Crippen LogP contribution in [0.3, 0.4) is 0 Å². The van der Waals surface area contributed by atoms with Crippen LogP contribution in [0, 0.1) is 0 Å². The predicted octanol–water partition coefficient (Wildman–Crippen LogP) is 2.56. The Kier molecular flexibility index (Phi) is 2.21. The number of carbonyl (C=O) groups is 1. The van der Waals surface area contributed by atoms with Crippen LogP contribution < -0.4 is 0 Å². The molecule has 14 heavy (non-hydrogen) atoms. The average Bonchev–Trinajstić information content (AvgIpc) is 2.59. The van der Waals surface area contributed by atoms with E-state index in [0.717, 1.165) is 10.9 Å². The van der Waals surface area contributed by atoms with Gasteiger partial charge in [-0.15, -0.1) is 0 Å². The van der Waals surface area contributed by atoms with Gasteiger partial charge in [-0.05, 0) is 18.2 Å². The van der Waals surface area contributed by atoms with Crippen molar-refractivity contribution in [1.29, 1.82) is 0 Å². The summed E-state index contributed by atoms with van der Waals surface area (Å²) in [7, 11) is 0. The molecule has 0 aliphatic heterocycles. The Morgan fingerprint density at radius 1 is 1.50 bits per heavy atom. The monoisotopic (exact) mass is 208 g/mol. The summed E-state index contributed by atoms with van der Waals surface area (Å²) in [5.41, 5.74) is 1.87. The second kappa shape index (κ2) is 3.38. The Hall–Kier alpha value is -1.42. The predicted molar refractivity (Wildman–Crippen MR) is 55.9 cm³/mol. The maximum atomic E-state index is 10.7. The molecule has 0 saturated heterocycles. The molecule has 1 aromatic carbocycles. The number of thiol groups is 1. The first kappa shape index (κ1) is 9.15. The fourth-order valence-electron chi connectivity index (χ4n) is 1.34. The number of carboxylic acids is 1. The van der Waals surface area contributed by atoms with E-state index in [-0.39, 0.29) is 5.56 Å². The summed E-state index contributed by atoms with van der Waals surface area (Å²) in [6.07, 6.45) is 1.60. The number of hydrogen-bond donors (Lipinski definition) is 2. The van der Waals surface area contributed by atoms with Gasteiger partial charge in [0, 0.05) is 16.7 Å². The molecule has 4 heteroatoms. The molecular weight excluding hydrogens is 200 g/mol. The Labute approximate surface area is 85.7 Å². The molecule has 1 aromatic heterocycles. The van der Waals surface area contributed by atoms with Gasteiger partial charge in [-0.3, -0.25) is 0 Å². The van der Waals surface area contributed by atoms with Gasteiger partial charge in [0.05, 0.1) is 11.8 Å². The third kappa shape index (κ3) is 1.37. The zero-order valence-corrected chi connectivity index (χ0v) is 8.12. The Morgan fingerprint density at radius 2 is 2.29 bits per heavy atom. The second-order valence-corrected chi connectivity index (χ2v) is 3.25. The van der Waals surface area contributed by atoms with Crippen molar-refractivity contribution >= 4 is 29.6 Å². The van der Waals surface area contributed by atoms with Gasteiger partial charge in [-0.2, -0.15) is 12.6 Å². The van der Waals surface area contributed by atoms with Crippen molar-refractivity contribution in [2.45, 2.75) is 5.75 Å². The number of hydrogen-bond acceptors (Lipinski definition) is 3. The van der Waals surface area contributed by atoms with E-state index in [1.807, 2.05) is 0 Å². The molecule has 2 aromatic rings. The number of furan rings is 1. The van der Waals surface area contributed by atoms with Crippen LogP contribution in [0.1, 0.15) is 15.9 Å². The molecule has 72 valence electrons. The fourth-order valence-corrected chi connectivity index (χ4v) is 1.58. The van der Waals surface area contributed by atoms with Crippen molar-refractivity contribution in [3.63, 3.8) is 0 Å². The molecule has 2 rings (SSSR count). The van der Waals surface area contributed by atoms with Crippen LogP contribution in [0.15, 0.2) is 28.9 Å². The summed E-state index contributed by atoms with van der Waals surface area (Å²) in [5.74, 6) is -0.394. The molecule has 0 aliphatic carbocycles. The van der Waals surface area contributed by atoms with Gasteiger partial charge in [-0.1, -0.05) is 0 Å². The first-order valence-corrected chi connectivity index (χ1v) is 4.70. The zero-order valence-electron chi connectivity index (χ0n) is 7.23. The Morgan fingerprint density at radius 3 is 2.93 bits per heavy atom. The van der Waals surface area contributed by atoms with Crippen LogP contribution in [0.2, 0.25) is 0 Å². The third-order valence-electron chi connectivity index (χ3n) is 2.07. The molecule has 0 amide bonds. The molecule has 0 unspecified atom stereocenters. The Bertz CT molecular complexity index is 487. The molecule has 1 heterocycles. The van der Waals surface area contributed by atoms with Crippen molar-refractivity contribution < 1.29 is 14.3 Å². The van der Waals surface area contributed by atoms with E-state index in [4.69, 9.17) is 9.52 Å². The number of carboxylic acid groups (broad SMARTS) is 1. The third-order valence-corrected chi connectivity index (χ3v) is 2.41. The fraction of sp³-hybridized carbons (Fsp3) is 0.100. The molecule has 0 fully saturated rings. The van der Waals surface area contributed by atoms with E-state index in [2.05, 4.69) is 12.6 Å². The van der Waals surface area contributed by atoms with Gasteiger partial charge >= 0.3 is 5.97 Å².